The van der Waals surface area contributed by atoms with E-state index < -0.39 is 71.5 Å². The second kappa shape index (κ2) is 19.1. The van der Waals surface area contributed by atoms with E-state index in [0.29, 0.717) is 39.7 Å². The molecular weight excluding hydrogens is 722 g/mol. The first-order valence-electron chi connectivity index (χ1n) is 18.2. The fraction of sp³-hybridized carbons (Fsp3) is 0.415. The highest BCUT2D eigenvalue weighted by atomic mass is 16.5. The number of carbonyl (C=O) groups excluding carboxylic acids is 5. The number of benzene rings is 3. The van der Waals surface area contributed by atoms with Crippen LogP contribution in [0.3, 0.4) is 0 Å². The Hall–Kier alpha value is -5.96. The van der Waals surface area contributed by atoms with Crippen LogP contribution in [0.5, 0.6) is 23.0 Å². The number of amides is 4. The lowest BCUT2D eigenvalue weighted by Gasteiger charge is -2.33. The summed E-state index contributed by atoms with van der Waals surface area (Å²) >= 11 is 0. The summed E-state index contributed by atoms with van der Waals surface area (Å²) in [5.41, 5.74) is 7.65. The summed E-state index contributed by atoms with van der Waals surface area (Å²) < 4.78 is 16.8. The quantitative estimate of drug-likeness (QED) is 0.199. The van der Waals surface area contributed by atoms with Crippen molar-refractivity contribution >= 4 is 35.4 Å². The molecule has 4 amide bonds. The lowest BCUT2D eigenvalue weighted by Crippen LogP contribution is -2.58. The standard InChI is InChI=1S/C41H51N5O10/c1-23(42)37(48)43-24(2)40(51)46(5)33(20-27-8-13-30(54-6)14-9-27)38(49)44-25(3)39(50)45(4)32-19-26-10-15-31(16-11-26)56-36-21-28(12-17-35(36)55-7)18-29(41(52)53)22-34(32)47/h8-17,21,23-25,29,32-33H,18-20,22,42H2,1-7H3,(H,43,48)(H,44,49)(H,52,53)/t23-,24+,25+,29-,32+,33+/m1/s1. The average Bonchev–Trinajstić information content (AvgIpc) is 3.17. The van der Waals surface area contributed by atoms with Crippen LogP contribution in [-0.4, -0.2) is 109 Å². The Balaban J connectivity index is 1.59. The van der Waals surface area contributed by atoms with Gasteiger partial charge in [0.25, 0.3) is 0 Å². The molecule has 0 aromatic heterocycles. The van der Waals surface area contributed by atoms with E-state index in [9.17, 15) is 33.9 Å². The summed E-state index contributed by atoms with van der Waals surface area (Å²) in [6.45, 7) is 4.43. The van der Waals surface area contributed by atoms with E-state index in [-0.39, 0.29) is 25.7 Å². The number of nitrogens with two attached hydrogens (primary N) is 1. The van der Waals surface area contributed by atoms with Crippen LogP contribution in [0.25, 0.3) is 0 Å². The Morgan fingerprint density at radius 2 is 1.43 bits per heavy atom. The number of fused-ring (bicyclic) bond motifs is 7. The van der Waals surface area contributed by atoms with E-state index in [2.05, 4.69) is 10.6 Å². The van der Waals surface area contributed by atoms with Gasteiger partial charge in [-0.1, -0.05) is 30.3 Å². The topological polar surface area (TPSA) is 207 Å². The first kappa shape index (κ1) is 42.8. The summed E-state index contributed by atoms with van der Waals surface area (Å²) in [6.07, 6.45) is -0.237. The smallest absolute Gasteiger partial charge is 0.307 e. The van der Waals surface area contributed by atoms with Crippen LogP contribution in [0.4, 0.5) is 0 Å². The van der Waals surface area contributed by atoms with Crippen molar-refractivity contribution in [3.8, 4) is 23.0 Å². The summed E-state index contributed by atoms with van der Waals surface area (Å²) in [5, 5.41) is 15.4. The van der Waals surface area contributed by atoms with Crippen molar-refractivity contribution in [3.63, 3.8) is 0 Å². The fourth-order valence-corrected chi connectivity index (χ4v) is 6.43. The Bertz CT molecular complexity index is 1900. The highest BCUT2D eigenvalue weighted by Crippen LogP contribution is 2.34. The molecule has 300 valence electrons. The number of nitrogens with one attached hydrogen (secondary N) is 2. The Labute approximate surface area is 326 Å². The largest absolute Gasteiger partial charge is 0.497 e. The SMILES string of the molecule is COc1ccc(C[C@@H](C(=O)N[C@@H](C)C(=O)N(C)[C@H]2Cc3ccc(cc3)Oc3cc(ccc3OC)C[C@@H](C(=O)O)CC2=O)N(C)C(=O)[C@H](C)NC(=O)[C@@H](C)N)cc1. The van der Waals surface area contributed by atoms with Gasteiger partial charge in [-0.25, -0.2) is 0 Å². The van der Waals surface area contributed by atoms with Gasteiger partial charge >= 0.3 is 5.97 Å². The van der Waals surface area contributed by atoms with Gasteiger partial charge in [-0.15, -0.1) is 0 Å². The molecule has 6 atom stereocenters. The molecule has 0 unspecified atom stereocenters. The summed E-state index contributed by atoms with van der Waals surface area (Å²) in [5.74, 6) is -3.20. The van der Waals surface area contributed by atoms with Crippen molar-refractivity contribution in [2.24, 2.45) is 11.7 Å². The molecule has 2 aliphatic heterocycles. The van der Waals surface area contributed by atoms with Gasteiger partial charge in [-0.05, 0) is 86.7 Å². The van der Waals surface area contributed by atoms with E-state index in [1.54, 1.807) is 66.7 Å². The van der Waals surface area contributed by atoms with Gasteiger partial charge in [0.15, 0.2) is 17.3 Å². The zero-order valence-electron chi connectivity index (χ0n) is 32.7. The first-order valence-corrected chi connectivity index (χ1v) is 18.2. The molecule has 0 spiro atoms. The Kier molecular flexibility index (Phi) is 14.6. The maximum absolute atomic E-state index is 14.1. The van der Waals surface area contributed by atoms with Gasteiger partial charge < -0.3 is 45.5 Å². The zero-order chi connectivity index (χ0) is 41.3. The molecule has 15 nitrogen and oxygen atoms in total. The Morgan fingerprint density at radius 3 is 2.02 bits per heavy atom. The van der Waals surface area contributed by atoms with Gasteiger partial charge in [0.05, 0.1) is 32.2 Å². The average molecular weight is 774 g/mol. The number of carbonyl (C=O) groups is 6. The number of carboxylic acid groups (broad SMARTS) is 1. The van der Waals surface area contributed by atoms with Crippen LogP contribution in [0.1, 0.15) is 43.9 Å². The molecule has 0 aliphatic carbocycles. The molecule has 0 fully saturated rings. The molecule has 5 N–H and O–H groups in total. The summed E-state index contributed by atoms with van der Waals surface area (Å²) in [6, 6.07) is 13.7. The number of Topliss-reactive ketones (excluding diaryl/α,β-unsaturated/α-hetero) is 1. The minimum Gasteiger partial charge on any atom is -0.497 e. The monoisotopic (exact) mass is 773 g/mol. The number of nitrogens with zero attached hydrogens (tertiary/aromatic N) is 2. The molecule has 3 aromatic rings. The second-order valence-corrected chi connectivity index (χ2v) is 14.1. The maximum atomic E-state index is 14.1. The number of rotatable bonds is 13. The third kappa shape index (κ3) is 10.8. The molecule has 2 aliphatic rings. The molecular formula is C41H51N5O10. The molecule has 2 heterocycles. The molecule has 0 saturated heterocycles. The Morgan fingerprint density at radius 1 is 0.821 bits per heavy atom. The predicted molar refractivity (Wildman–Crippen MR) is 206 cm³/mol. The first-order chi connectivity index (χ1) is 26.5. The number of carboxylic acids is 1. The lowest BCUT2D eigenvalue weighted by molar-refractivity contribution is -0.146. The van der Waals surface area contributed by atoms with Crippen LogP contribution >= 0.6 is 0 Å². The molecule has 3 aromatic carbocycles. The number of ether oxygens (including phenoxy) is 3. The van der Waals surface area contributed by atoms with Gasteiger partial charge in [0, 0.05) is 26.9 Å². The molecule has 0 saturated carbocycles. The zero-order valence-corrected chi connectivity index (χ0v) is 32.7. The van der Waals surface area contributed by atoms with Gasteiger partial charge in [-0.2, -0.15) is 0 Å². The molecule has 4 bridgehead atoms. The van der Waals surface area contributed by atoms with Crippen molar-refractivity contribution < 1.29 is 48.1 Å². The van der Waals surface area contributed by atoms with Crippen LogP contribution in [0, 0.1) is 5.92 Å². The lowest BCUT2D eigenvalue weighted by atomic mass is 9.89. The number of methoxy groups -OCH3 is 2. The van der Waals surface area contributed by atoms with Gasteiger partial charge in [-0.3, -0.25) is 28.8 Å². The third-order valence-electron chi connectivity index (χ3n) is 9.85. The molecule has 56 heavy (non-hydrogen) atoms. The van der Waals surface area contributed by atoms with Crippen LogP contribution in [-0.2, 0) is 48.0 Å². The molecule has 0 radical (unpaired) electrons. The minimum absolute atomic E-state index is 0.0191. The van der Waals surface area contributed by atoms with E-state index in [4.69, 9.17) is 19.9 Å². The van der Waals surface area contributed by atoms with E-state index in [1.807, 2.05) is 0 Å². The normalized spacial score (nSPS) is 17.5. The molecule has 15 heteroatoms. The summed E-state index contributed by atoms with van der Waals surface area (Å²) in [7, 11) is 5.89. The number of aliphatic carboxylic acids is 1. The van der Waals surface area contributed by atoms with Crippen molar-refractivity contribution in [2.75, 3.05) is 28.3 Å². The van der Waals surface area contributed by atoms with Crippen molar-refractivity contribution in [1.82, 2.24) is 20.4 Å². The highest BCUT2D eigenvalue weighted by Gasteiger charge is 2.36. The number of hydrogen-bond acceptors (Lipinski definition) is 10. The minimum atomic E-state index is -1.17. The van der Waals surface area contributed by atoms with Crippen LogP contribution in [0.2, 0.25) is 0 Å². The predicted octanol–water partition coefficient (Wildman–Crippen LogP) is 2.51. The van der Waals surface area contributed by atoms with Gasteiger partial charge in [0.1, 0.15) is 29.6 Å². The summed E-state index contributed by atoms with van der Waals surface area (Å²) in [4.78, 5) is 82.8. The molecule has 5 rings (SSSR count). The third-order valence-corrected chi connectivity index (χ3v) is 9.85. The van der Waals surface area contributed by atoms with E-state index in [0.717, 1.165) is 0 Å². The fourth-order valence-electron chi connectivity index (χ4n) is 6.43. The van der Waals surface area contributed by atoms with Crippen molar-refractivity contribution in [1.29, 1.82) is 0 Å². The van der Waals surface area contributed by atoms with Crippen LogP contribution in [0.15, 0.2) is 66.7 Å². The second-order valence-electron chi connectivity index (χ2n) is 14.1. The van der Waals surface area contributed by atoms with Crippen molar-refractivity contribution in [2.45, 2.75) is 76.7 Å². The van der Waals surface area contributed by atoms with Gasteiger partial charge in [0.2, 0.25) is 23.6 Å². The number of hydrogen-bond donors (Lipinski definition) is 4. The maximum Gasteiger partial charge on any atom is 0.307 e. The van der Waals surface area contributed by atoms with E-state index in [1.165, 1.54) is 58.9 Å². The van der Waals surface area contributed by atoms with Crippen LogP contribution < -0.4 is 30.6 Å². The van der Waals surface area contributed by atoms with Crippen molar-refractivity contribution in [3.05, 3.63) is 83.4 Å². The number of ketones is 1. The van der Waals surface area contributed by atoms with E-state index >= 15 is 0 Å². The highest BCUT2D eigenvalue weighted by molar-refractivity contribution is 5.96. The number of likely N-dealkylation sites (N-methyl/N-ethyl adjacent to an activating group) is 2.